The molecule has 1 saturated heterocycles. The van der Waals surface area contributed by atoms with Crippen LogP contribution in [0.3, 0.4) is 0 Å². The maximum Gasteiger partial charge on any atom is 0.410 e. The molecule has 0 aromatic carbocycles. The lowest BCUT2D eigenvalue weighted by Crippen LogP contribution is -2.39. The average Bonchev–Trinajstić information content (AvgIpc) is 3.43. The number of esters is 1. The van der Waals surface area contributed by atoms with Crippen LogP contribution in [0.5, 0.6) is 0 Å². The van der Waals surface area contributed by atoms with Gasteiger partial charge in [0.2, 0.25) is 0 Å². The molecule has 0 atom stereocenters. The molecule has 0 radical (unpaired) electrons. The maximum absolute atomic E-state index is 13.2. The van der Waals surface area contributed by atoms with Crippen LogP contribution in [0.1, 0.15) is 77.8 Å². The summed E-state index contributed by atoms with van der Waals surface area (Å²) in [5.74, 6) is -0.411. The van der Waals surface area contributed by atoms with Gasteiger partial charge in [-0.15, -0.1) is 22.7 Å². The summed E-state index contributed by atoms with van der Waals surface area (Å²) >= 11 is 3.08. The summed E-state index contributed by atoms with van der Waals surface area (Å²) in [5.41, 5.74) is 3.09. The molecule has 1 fully saturated rings. The second kappa shape index (κ2) is 13.4. The number of fused-ring (bicyclic) bond motifs is 1. The lowest BCUT2D eigenvalue weighted by molar-refractivity contribution is 0.0226. The molecule has 0 saturated carbocycles. The van der Waals surface area contributed by atoms with E-state index in [-0.39, 0.29) is 18.7 Å². The van der Waals surface area contributed by atoms with Crippen LogP contribution in [0.15, 0.2) is 0 Å². The van der Waals surface area contributed by atoms with E-state index in [1.807, 2.05) is 27.7 Å². The van der Waals surface area contributed by atoms with Crippen molar-refractivity contribution in [3.05, 3.63) is 32.0 Å². The summed E-state index contributed by atoms with van der Waals surface area (Å²) in [7, 11) is 0. The Bertz CT molecular complexity index is 1260. The Morgan fingerprint density at radius 2 is 1.78 bits per heavy atom. The van der Waals surface area contributed by atoms with Gasteiger partial charge in [0.05, 0.1) is 36.9 Å². The van der Waals surface area contributed by atoms with Gasteiger partial charge in [0.25, 0.3) is 0 Å². The molecule has 3 amide bonds. The number of hydrogen-bond donors (Lipinski definition) is 2. The standard InChI is InChI=1S/C29H42N4O6S2/c1-7-9-19-18(3)40-24(23(19)26(34)38-8-2)31-27(35)30-16-21-20-10-11-33(28(36)39-29(4,5)6)17-22(20)41-25(21)32-12-14-37-15-13-32/h7-17H2,1-6H3,(H2,30,31,35). The number of hydrogen-bond acceptors (Lipinski definition) is 9. The molecule has 4 heterocycles. The molecule has 2 aliphatic heterocycles. The van der Waals surface area contributed by atoms with Crippen LogP contribution in [0.25, 0.3) is 0 Å². The number of aryl methyl sites for hydroxylation is 1. The molecule has 4 rings (SSSR count). The maximum atomic E-state index is 13.2. The first-order valence-corrected chi connectivity index (χ1v) is 15.9. The molecular weight excluding hydrogens is 564 g/mol. The number of ether oxygens (including phenoxy) is 3. The second-order valence-corrected chi connectivity index (χ2v) is 13.5. The van der Waals surface area contributed by atoms with Gasteiger partial charge in [-0.1, -0.05) is 13.3 Å². The van der Waals surface area contributed by atoms with Gasteiger partial charge in [-0.25, -0.2) is 14.4 Å². The number of amides is 3. The molecule has 0 aliphatic carbocycles. The van der Waals surface area contributed by atoms with Crippen molar-refractivity contribution in [2.75, 3.05) is 49.7 Å². The summed E-state index contributed by atoms with van der Waals surface area (Å²) < 4.78 is 16.5. The molecule has 0 bridgehead atoms. The highest BCUT2D eigenvalue weighted by Crippen LogP contribution is 2.40. The van der Waals surface area contributed by atoms with Gasteiger partial charge >= 0.3 is 18.1 Å². The normalized spacial score (nSPS) is 15.4. The second-order valence-electron chi connectivity index (χ2n) is 11.2. The zero-order valence-electron chi connectivity index (χ0n) is 24.9. The third-order valence-electron chi connectivity index (χ3n) is 6.94. The van der Waals surface area contributed by atoms with Gasteiger partial charge < -0.3 is 29.3 Å². The van der Waals surface area contributed by atoms with E-state index in [0.717, 1.165) is 51.8 Å². The Morgan fingerprint density at radius 1 is 1.05 bits per heavy atom. The van der Waals surface area contributed by atoms with E-state index in [2.05, 4.69) is 22.5 Å². The highest BCUT2D eigenvalue weighted by Gasteiger charge is 2.31. The van der Waals surface area contributed by atoms with Crippen LogP contribution >= 0.6 is 22.7 Å². The minimum atomic E-state index is -0.556. The Labute approximate surface area is 250 Å². The number of carbonyl (C=O) groups excluding carboxylic acids is 3. The fourth-order valence-corrected chi connectivity index (χ4v) is 7.61. The zero-order chi connectivity index (χ0) is 29.7. The summed E-state index contributed by atoms with van der Waals surface area (Å²) in [6.07, 6.45) is 2.00. The molecule has 10 nitrogen and oxygen atoms in total. The molecule has 12 heteroatoms. The lowest BCUT2D eigenvalue weighted by atomic mass is 10.0. The number of nitrogens with one attached hydrogen (secondary N) is 2. The van der Waals surface area contributed by atoms with Crippen molar-refractivity contribution in [2.24, 2.45) is 0 Å². The highest BCUT2D eigenvalue weighted by molar-refractivity contribution is 7.17. The van der Waals surface area contributed by atoms with Gasteiger partial charge in [-0.05, 0) is 58.6 Å². The molecule has 41 heavy (non-hydrogen) atoms. The Hall–Kier alpha value is -2.83. The van der Waals surface area contributed by atoms with Crippen LogP contribution in [-0.4, -0.2) is 68.0 Å². The summed E-state index contributed by atoms with van der Waals surface area (Å²) in [4.78, 5) is 44.9. The predicted octanol–water partition coefficient (Wildman–Crippen LogP) is 5.70. The van der Waals surface area contributed by atoms with Gasteiger partial charge in [0.15, 0.2) is 0 Å². The topological polar surface area (TPSA) is 109 Å². The first kappa shape index (κ1) is 31.1. The molecule has 226 valence electrons. The monoisotopic (exact) mass is 606 g/mol. The molecule has 0 unspecified atom stereocenters. The minimum absolute atomic E-state index is 0.268. The number of anilines is 2. The SMILES string of the molecule is CCCc1c(C)sc(NC(=O)NCc2c(N3CCOCC3)sc3c2CCN(C(=O)OC(C)(C)C)C3)c1C(=O)OCC. The molecule has 0 spiro atoms. The van der Waals surface area contributed by atoms with Crippen molar-refractivity contribution < 1.29 is 28.6 Å². The molecular formula is C29H42N4O6S2. The number of thiophene rings is 2. The molecule has 2 aromatic rings. The fourth-order valence-electron chi connectivity index (χ4n) is 5.09. The van der Waals surface area contributed by atoms with E-state index in [9.17, 15) is 14.4 Å². The average molecular weight is 607 g/mol. The van der Waals surface area contributed by atoms with E-state index >= 15 is 0 Å². The van der Waals surface area contributed by atoms with Crippen LogP contribution in [0.4, 0.5) is 19.6 Å². The largest absolute Gasteiger partial charge is 0.462 e. The van der Waals surface area contributed by atoms with Crippen LogP contribution < -0.4 is 15.5 Å². The summed E-state index contributed by atoms with van der Waals surface area (Å²) in [6, 6.07) is -0.376. The number of nitrogens with zero attached hydrogens (tertiary/aromatic N) is 2. The third-order valence-corrected chi connectivity index (χ3v) is 9.32. The van der Waals surface area contributed by atoms with Crippen LogP contribution in [0.2, 0.25) is 0 Å². The molecule has 2 aliphatic rings. The van der Waals surface area contributed by atoms with Gasteiger partial charge in [-0.3, -0.25) is 5.32 Å². The van der Waals surface area contributed by atoms with Gasteiger partial charge in [0.1, 0.15) is 10.6 Å². The molecule has 2 N–H and O–H groups in total. The zero-order valence-corrected chi connectivity index (χ0v) is 26.6. The smallest absolute Gasteiger partial charge is 0.410 e. The lowest BCUT2D eigenvalue weighted by Gasteiger charge is -2.30. The minimum Gasteiger partial charge on any atom is -0.462 e. The van der Waals surface area contributed by atoms with Gasteiger partial charge in [0, 0.05) is 41.5 Å². The Balaban J connectivity index is 1.53. The van der Waals surface area contributed by atoms with Crippen molar-refractivity contribution >= 4 is 50.8 Å². The first-order valence-electron chi connectivity index (χ1n) is 14.3. The third kappa shape index (κ3) is 7.52. The number of urea groups is 1. The van der Waals surface area contributed by atoms with Crippen LogP contribution in [0, 0.1) is 6.92 Å². The first-order chi connectivity index (χ1) is 19.5. The number of rotatable bonds is 8. The van der Waals surface area contributed by atoms with Gasteiger partial charge in [-0.2, -0.15) is 0 Å². The predicted molar refractivity (Wildman–Crippen MR) is 163 cm³/mol. The van der Waals surface area contributed by atoms with Crippen molar-refractivity contribution in [1.29, 1.82) is 0 Å². The number of morpholine rings is 1. The molecule has 2 aromatic heterocycles. The van der Waals surface area contributed by atoms with E-state index in [1.165, 1.54) is 16.9 Å². The van der Waals surface area contributed by atoms with Crippen molar-refractivity contribution in [3.63, 3.8) is 0 Å². The van der Waals surface area contributed by atoms with Crippen molar-refractivity contribution in [1.82, 2.24) is 10.2 Å². The van der Waals surface area contributed by atoms with Crippen molar-refractivity contribution in [2.45, 2.75) is 79.5 Å². The van der Waals surface area contributed by atoms with Crippen molar-refractivity contribution in [3.8, 4) is 0 Å². The van der Waals surface area contributed by atoms with E-state index in [1.54, 1.807) is 23.2 Å². The fraction of sp³-hybridized carbons (Fsp3) is 0.621. The quantitative estimate of drug-likeness (QED) is 0.371. The van der Waals surface area contributed by atoms with E-state index in [0.29, 0.717) is 49.8 Å². The number of carbonyl (C=O) groups is 3. The van der Waals surface area contributed by atoms with E-state index < -0.39 is 11.6 Å². The summed E-state index contributed by atoms with van der Waals surface area (Å²) in [6.45, 7) is 15.9. The summed E-state index contributed by atoms with van der Waals surface area (Å²) in [5, 5.41) is 7.57. The Morgan fingerprint density at radius 3 is 2.44 bits per heavy atom. The van der Waals surface area contributed by atoms with Crippen LogP contribution in [-0.2, 0) is 40.1 Å². The highest BCUT2D eigenvalue weighted by atomic mass is 32.1. The Kier molecular flexibility index (Phi) is 10.2. The van der Waals surface area contributed by atoms with E-state index in [4.69, 9.17) is 14.2 Å².